The summed E-state index contributed by atoms with van der Waals surface area (Å²) in [5, 5.41) is 2.80. The molecule has 1 aliphatic rings. The number of amides is 1. The molecule has 1 N–H and O–H groups in total. The fourth-order valence-corrected chi connectivity index (χ4v) is 2.24. The van der Waals surface area contributed by atoms with Crippen LogP contribution in [0.1, 0.15) is 5.56 Å². The SMILES string of the molecule is Cc1ccc(OCCNC(=O)[C@@H]2COc3ccccc3O2)cc1. The van der Waals surface area contributed by atoms with E-state index in [2.05, 4.69) is 5.32 Å². The van der Waals surface area contributed by atoms with E-state index in [9.17, 15) is 4.79 Å². The summed E-state index contributed by atoms with van der Waals surface area (Å²) in [6.07, 6.45) is -0.635. The Labute approximate surface area is 135 Å². The van der Waals surface area contributed by atoms with Crippen LogP contribution in [0.3, 0.4) is 0 Å². The largest absolute Gasteiger partial charge is 0.492 e. The molecule has 3 rings (SSSR count). The molecule has 2 aromatic rings. The molecule has 1 atom stereocenters. The first-order chi connectivity index (χ1) is 11.2. The summed E-state index contributed by atoms with van der Waals surface area (Å²) in [4.78, 5) is 12.1. The van der Waals surface area contributed by atoms with Crippen LogP contribution in [0.25, 0.3) is 0 Å². The highest BCUT2D eigenvalue weighted by molar-refractivity contribution is 5.81. The maximum absolute atomic E-state index is 12.1. The summed E-state index contributed by atoms with van der Waals surface area (Å²) in [5.74, 6) is 1.84. The third-order valence-corrected chi connectivity index (χ3v) is 3.49. The first-order valence-electron chi connectivity index (χ1n) is 7.58. The van der Waals surface area contributed by atoms with Crippen LogP contribution in [-0.2, 0) is 4.79 Å². The van der Waals surface area contributed by atoms with Crippen LogP contribution in [0.2, 0.25) is 0 Å². The van der Waals surface area contributed by atoms with Gasteiger partial charge >= 0.3 is 0 Å². The van der Waals surface area contributed by atoms with Gasteiger partial charge in [0.1, 0.15) is 19.0 Å². The van der Waals surface area contributed by atoms with Gasteiger partial charge in [-0.25, -0.2) is 0 Å². The first-order valence-corrected chi connectivity index (χ1v) is 7.58. The van der Waals surface area contributed by atoms with Crippen LogP contribution in [-0.4, -0.2) is 31.8 Å². The Morgan fingerprint density at radius 2 is 1.91 bits per heavy atom. The van der Waals surface area contributed by atoms with Gasteiger partial charge in [-0.05, 0) is 31.2 Å². The van der Waals surface area contributed by atoms with Gasteiger partial charge < -0.3 is 19.5 Å². The molecule has 2 aromatic carbocycles. The molecule has 1 heterocycles. The lowest BCUT2D eigenvalue weighted by atomic mass is 10.2. The fourth-order valence-electron chi connectivity index (χ4n) is 2.24. The van der Waals surface area contributed by atoms with Crippen molar-refractivity contribution < 1.29 is 19.0 Å². The average Bonchev–Trinajstić information content (AvgIpc) is 2.59. The van der Waals surface area contributed by atoms with E-state index in [-0.39, 0.29) is 12.5 Å². The van der Waals surface area contributed by atoms with Crippen molar-refractivity contribution >= 4 is 5.91 Å². The normalized spacial score (nSPS) is 15.8. The molecule has 5 nitrogen and oxygen atoms in total. The van der Waals surface area contributed by atoms with Crippen molar-refractivity contribution in [2.24, 2.45) is 0 Å². The number of aryl methyl sites for hydroxylation is 1. The second-order valence-corrected chi connectivity index (χ2v) is 5.32. The summed E-state index contributed by atoms with van der Waals surface area (Å²) >= 11 is 0. The van der Waals surface area contributed by atoms with Crippen molar-refractivity contribution in [3.05, 3.63) is 54.1 Å². The van der Waals surface area contributed by atoms with E-state index in [1.807, 2.05) is 49.4 Å². The molecule has 0 aromatic heterocycles. The van der Waals surface area contributed by atoms with Crippen LogP contribution in [0.15, 0.2) is 48.5 Å². The Morgan fingerprint density at radius 3 is 2.70 bits per heavy atom. The van der Waals surface area contributed by atoms with Gasteiger partial charge in [0, 0.05) is 0 Å². The third kappa shape index (κ3) is 3.94. The highest BCUT2D eigenvalue weighted by Crippen LogP contribution is 2.30. The smallest absolute Gasteiger partial charge is 0.264 e. The first kappa shape index (κ1) is 15.2. The van der Waals surface area contributed by atoms with Crippen LogP contribution in [0.5, 0.6) is 17.2 Å². The highest BCUT2D eigenvalue weighted by atomic mass is 16.6. The molecule has 0 saturated carbocycles. The number of benzene rings is 2. The molecule has 5 heteroatoms. The zero-order valence-corrected chi connectivity index (χ0v) is 13.0. The molecular weight excluding hydrogens is 294 g/mol. The molecule has 0 radical (unpaired) electrons. The van der Waals surface area contributed by atoms with Crippen LogP contribution < -0.4 is 19.5 Å². The monoisotopic (exact) mass is 313 g/mol. The van der Waals surface area contributed by atoms with Crippen molar-refractivity contribution in [2.45, 2.75) is 13.0 Å². The standard InChI is InChI=1S/C18H19NO4/c1-13-6-8-14(9-7-13)21-11-10-19-18(20)17-12-22-15-4-2-3-5-16(15)23-17/h2-9,17H,10-12H2,1H3,(H,19,20)/t17-/m0/s1. The molecule has 0 bridgehead atoms. The number of hydrogen-bond acceptors (Lipinski definition) is 4. The number of ether oxygens (including phenoxy) is 3. The van der Waals surface area contributed by atoms with Gasteiger partial charge in [0.25, 0.3) is 5.91 Å². The summed E-state index contributed by atoms with van der Waals surface area (Å²) in [6.45, 7) is 3.04. The number of rotatable bonds is 5. The van der Waals surface area contributed by atoms with Gasteiger partial charge in [-0.1, -0.05) is 29.8 Å². The molecule has 23 heavy (non-hydrogen) atoms. The Morgan fingerprint density at radius 1 is 1.17 bits per heavy atom. The molecule has 0 saturated heterocycles. The van der Waals surface area contributed by atoms with Crippen molar-refractivity contribution in [1.82, 2.24) is 5.32 Å². The maximum Gasteiger partial charge on any atom is 0.264 e. The minimum Gasteiger partial charge on any atom is -0.492 e. The van der Waals surface area contributed by atoms with E-state index in [4.69, 9.17) is 14.2 Å². The van der Waals surface area contributed by atoms with Crippen molar-refractivity contribution in [3.8, 4) is 17.2 Å². The van der Waals surface area contributed by atoms with E-state index < -0.39 is 6.10 Å². The van der Waals surface area contributed by atoms with E-state index in [1.165, 1.54) is 5.56 Å². The quantitative estimate of drug-likeness (QED) is 0.861. The van der Waals surface area contributed by atoms with Crippen LogP contribution >= 0.6 is 0 Å². The van der Waals surface area contributed by atoms with Gasteiger partial charge in [0.2, 0.25) is 6.10 Å². The average molecular weight is 313 g/mol. The predicted octanol–water partition coefficient (Wildman–Crippen LogP) is 2.33. The molecule has 1 amide bonds. The lowest BCUT2D eigenvalue weighted by Gasteiger charge is -2.25. The summed E-state index contributed by atoms with van der Waals surface area (Å²) < 4.78 is 16.7. The number of para-hydroxylation sites is 2. The van der Waals surface area contributed by atoms with E-state index >= 15 is 0 Å². The Bertz CT molecular complexity index is 669. The van der Waals surface area contributed by atoms with Crippen molar-refractivity contribution in [3.63, 3.8) is 0 Å². The van der Waals surface area contributed by atoms with E-state index in [0.29, 0.717) is 24.7 Å². The van der Waals surface area contributed by atoms with Crippen molar-refractivity contribution in [1.29, 1.82) is 0 Å². The fraction of sp³-hybridized carbons (Fsp3) is 0.278. The summed E-state index contributed by atoms with van der Waals surface area (Å²) in [6, 6.07) is 15.1. The van der Waals surface area contributed by atoms with Gasteiger partial charge in [-0.2, -0.15) is 0 Å². The molecule has 0 aliphatic carbocycles. The number of carbonyl (C=O) groups excluding carboxylic acids is 1. The lowest BCUT2D eigenvalue weighted by Crippen LogP contribution is -2.45. The Kier molecular flexibility index (Phi) is 4.66. The van der Waals surface area contributed by atoms with Crippen molar-refractivity contribution in [2.75, 3.05) is 19.8 Å². The number of carbonyl (C=O) groups is 1. The minimum atomic E-state index is -0.635. The number of hydrogen-bond donors (Lipinski definition) is 1. The second kappa shape index (κ2) is 7.05. The van der Waals surface area contributed by atoms with Gasteiger partial charge in [-0.15, -0.1) is 0 Å². The van der Waals surface area contributed by atoms with Gasteiger partial charge in [0.05, 0.1) is 6.54 Å². The molecule has 0 spiro atoms. The summed E-state index contributed by atoms with van der Waals surface area (Å²) in [5.41, 5.74) is 1.18. The van der Waals surface area contributed by atoms with Crippen LogP contribution in [0, 0.1) is 6.92 Å². The van der Waals surface area contributed by atoms with Crippen LogP contribution in [0.4, 0.5) is 0 Å². The Hall–Kier alpha value is -2.69. The predicted molar refractivity (Wildman–Crippen MR) is 86.0 cm³/mol. The second-order valence-electron chi connectivity index (χ2n) is 5.32. The Balaban J connectivity index is 1.42. The third-order valence-electron chi connectivity index (χ3n) is 3.49. The molecular formula is C18H19NO4. The summed E-state index contributed by atoms with van der Waals surface area (Å²) in [7, 11) is 0. The zero-order valence-electron chi connectivity index (χ0n) is 13.0. The molecule has 0 fully saturated rings. The number of fused-ring (bicyclic) bond motifs is 1. The number of nitrogens with one attached hydrogen (secondary N) is 1. The van der Waals surface area contributed by atoms with Gasteiger partial charge in [0.15, 0.2) is 11.5 Å². The highest BCUT2D eigenvalue weighted by Gasteiger charge is 2.26. The molecule has 120 valence electrons. The maximum atomic E-state index is 12.1. The lowest BCUT2D eigenvalue weighted by molar-refractivity contribution is -0.130. The van der Waals surface area contributed by atoms with E-state index in [1.54, 1.807) is 6.07 Å². The minimum absolute atomic E-state index is 0.202. The van der Waals surface area contributed by atoms with Gasteiger partial charge in [-0.3, -0.25) is 4.79 Å². The zero-order chi connectivity index (χ0) is 16.1. The topological polar surface area (TPSA) is 56.8 Å². The molecule has 0 unspecified atom stereocenters. The van der Waals surface area contributed by atoms with E-state index in [0.717, 1.165) is 5.75 Å². The molecule has 1 aliphatic heterocycles.